The number of aromatic nitrogens is 1. The minimum Gasteiger partial charge on any atom is -0.383 e. The molecule has 1 aromatic heterocycles. The fourth-order valence-electron chi connectivity index (χ4n) is 1.23. The van der Waals surface area contributed by atoms with Crippen LogP contribution in [0, 0.1) is 6.92 Å². The molecular formula is C10H8Cl3N3S. The number of hydrogen-bond donors (Lipinski definition) is 1. The number of halogens is 3. The molecule has 3 nitrogen and oxygen atoms in total. The maximum Gasteiger partial charge on any atom is 0.247 e. The molecule has 0 unspecified atom stereocenters. The standard InChI is InChI=1S/C10H8Cl3N3S/c1-5-2-3-6-7(4-5)17-9(15-6)16-8(14)10(11,12)13/h2-4H,1H3,(H2,14,15,16). The molecule has 1 aromatic carbocycles. The minimum atomic E-state index is -1.70. The Morgan fingerprint density at radius 2 is 2.12 bits per heavy atom. The number of nitrogens with two attached hydrogens (primary N) is 1. The van der Waals surface area contributed by atoms with Gasteiger partial charge < -0.3 is 5.73 Å². The first kappa shape index (κ1) is 12.9. The number of thiazole rings is 1. The topological polar surface area (TPSA) is 51.3 Å². The molecule has 7 heteroatoms. The van der Waals surface area contributed by atoms with Crippen LogP contribution >= 0.6 is 46.1 Å². The van der Waals surface area contributed by atoms with E-state index in [-0.39, 0.29) is 5.84 Å². The lowest BCUT2D eigenvalue weighted by molar-refractivity contribution is 1.34. The lowest BCUT2D eigenvalue weighted by atomic mass is 10.2. The van der Waals surface area contributed by atoms with E-state index in [0.717, 1.165) is 15.8 Å². The number of nitrogens with zero attached hydrogens (tertiary/aromatic N) is 2. The fraction of sp³-hybridized carbons (Fsp3) is 0.200. The van der Waals surface area contributed by atoms with Crippen LogP contribution in [0.5, 0.6) is 0 Å². The summed E-state index contributed by atoms with van der Waals surface area (Å²) in [6.45, 7) is 2.01. The van der Waals surface area contributed by atoms with Crippen molar-refractivity contribution in [1.82, 2.24) is 4.98 Å². The molecule has 2 rings (SSSR count). The Hall–Kier alpha value is -0.550. The number of benzene rings is 1. The van der Waals surface area contributed by atoms with Crippen molar-refractivity contribution in [2.45, 2.75) is 10.7 Å². The van der Waals surface area contributed by atoms with E-state index in [1.54, 1.807) is 0 Å². The van der Waals surface area contributed by atoms with Crippen LogP contribution in [0.3, 0.4) is 0 Å². The fourth-order valence-corrected chi connectivity index (χ4v) is 2.31. The second-order valence-corrected chi connectivity index (χ2v) is 6.75. The van der Waals surface area contributed by atoms with Gasteiger partial charge in [0, 0.05) is 0 Å². The van der Waals surface area contributed by atoms with Crippen molar-refractivity contribution in [3.8, 4) is 0 Å². The van der Waals surface area contributed by atoms with Crippen molar-refractivity contribution in [2.75, 3.05) is 0 Å². The van der Waals surface area contributed by atoms with E-state index >= 15 is 0 Å². The maximum atomic E-state index is 5.61. The van der Waals surface area contributed by atoms with Crippen molar-refractivity contribution in [3.05, 3.63) is 23.8 Å². The Morgan fingerprint density at radius 1 is 1.41 bits per heavy atom. The van der Waals surface area contributed by atoms with Crippen LogP contribution in [-0.2, 0) is 0 Å². The quantitative estimate of drug-likeness (QED) is 0.492. The molecule has 0 bridgehead atoms. The lowest BCUT2D eigenvalue weighted by Gasteiger charge is -2.07. The average molecular weight is 309 g/mol. The zero-order valence-corrected chi connectivity index (χ0v) is 11.8. The van der Waals surface area contributed by atoms with Gasteiger partial charge in [0.25, 0.3) is 0 Å². The molecule has 0 saturated heterocycles. The third kappa shape index (κ3) is 3.01. The third-order valence-electron chi connectivity index (χ3n) is 2.04. The summed E-state index contributed by atoms with van der Waals surface area (Å²) in [4.78, 5) is 8.29. The summed E-state index contributed by atoms with van der Waals surface area (Å²) in [6.07, 6.45) is 0. The van der Waals surface area contributed by atoms with Crippen molar-refractivity contribution in [1.29, 1.82) is 0 Å². The summed E-state index contributed by atoms with van der Waals surface area (Å²) in [7, 11) is 0. The molecule has 1 heterocycles. The Balaban J connectivity index is 2.44. The van der Waals surface area contributed by atoms with Gasteiger partial charge in [-0.25, -0.2) is 9.98 Å². The molecule has 0 spiro atoms. The number of aryl methyl sites for hydroxylation is 1. The van der Waals surface area contributed by atoms with Crippen LogP contribution in [0.25, 0.3) is 10.2 Å². The smallest absolute Gasteiger partial charge is 0.247 e. The Morgan fingerprint density at radius 3 is 2.76 bits per heavy atom. The Bertz CT molecular complexity index is 586. The highest BCUT2D eigenvalue weighted by Gasteiger charge is 2.25. The number of aliphatic imine (C=N–C) groups is 1. The molecule has 0 aliphatic rings. The van der Waals surface area contributed by atoms with Gasteiger partial charge in [0.2, 0.25) is 8.92 Å². The van der Waals surface area contributed by atoms with Crippen molar-refractivity contribution >= 4 is 67.3 Å². The van der Waals surface area contributed by atoms with Crippen LogP contribution in [-0.4, -0.2) is 14.6 Å². The van der Waals surface area contributed by atoms with Gasteiger partial charge in [-0.15, -0.1) is 0 Å². The average Bonchev–Trinajstić information content (AvgIpc) is 2.57. The van der Waals surface area contributed by atoms with E-state index in [0.29, 0.717) is 5.13 Å². The normalized spacial score (nSPS) is 13.3. The maximum absolute atomic E-state index is 5.61. The summed E-state index contributed by atoms with van der Waals surface area (Å²) in [6, 6.07) is 5.93. The molecular weight excluding hydrogens is 301 g/mol. The van der Waals surface area contributed by atoms with Gasteiger partial charge in [0.05, 0.1) is 10.2 Å². The first-order valence-corrected chi connectivity index (χ1v) is 6.60. The van der Waals surface area contributed by atoms with Gasteiger partial charge in [-0.05, 0) is 24.6 Å². The van der Waals surface area contributed by atoms with Gasteiger partial charge in [-0.2, -0.15) is 0 Å². The highest BCUT2D eigenvalue weighted by molar-refractivity contribution is 7.22. The van der Waals surface area contributed by atoms with Crippen LogP contribution in [0.15, 0.2) is 23.2 Å². The summed E-state index contributed by atoms with van der Waals surface area (Å²) >= 11 is 18.2. The predicted octanol–water partition coefficient (Wildman–Crippen LogP) is 3.96. The molecule has 0 atom stereocenters. The molecule has 17 heavy (non-hydrogen) atoms. The summed E-state index contributed by atoms with van der Waals surface area (Å²) in [5, 5.41) is 0.481. The second-order valence-electron chi connectivity index (χ2n) is 3.46. The van der Waals surface area contributed by atoms with E-state index in [1.807, 2.05) is 25.1 Å². The summed E-state index contributed by atoms with van der Waals surface area (Å²) in [5.74, 6) is -0.0849. The number of fused-ring (bicyclic) bond motifs is 1. The third-order valence-corrected chi connectivity index (χ3v) is 3.53. The first-order chi connectivity index (χ1) is 7.86. The van der Waals surface area contributed by atoms with Crippen LogP contribution in [0.4, 0.5) is 5.13 Å². The van der Waals surface area contributed by atoms with Gasteiger partial charge in [0.15, 0.2) is 5.84 Å². The Labute approximate surface area is 117 Å². The number of alkyl halides is 3. The SMILES string of the molecule is Cc1ccc2nc(/N=C(\N)C(Cl)(Cl)Cl)sc2c1. The van der Waals surface area contributed by atoms with E-state index in [4.69, 9.17) is 40.5 Å². The van der Waals surface area contributed by atoms with Crippen LogP contribution < -0.4 is 5.73 Å². The monoisotopic (exact) mass is 307 g/mol. The molecule has 0 amide bonds. The van der Waals surface area contributed by atoms with Crippen molar-refractivity contribution in [3.63, 3.8) is 0 Å². The number of amidine groups is 1. The summed E-state index contributed by atoms with van der Waals surface area (Å²) < 4.78 is -0.672. The van der Waals surface area contributed by atoms with E-state index in [2.05, 4.69) is 9.98 Å². The lowest BCUT2D eigenvalue weighted by Crippen LogP contribution is -2.27. The minimum absolute atomic E-state index is 0.0849. The largest absolute Gasteiger partial charge is 0.383 e. The van der Waals surface area contributed by atoms with Gasteiger partial charge in [0.1, 0.15) is 0 Å². The first-order valence-electron chi connectivity index (χ1n) is 4.65. The van der Waals surface area contributed by atoms with Crippen molar-refractivity contribution < 1.29 is 0 Å². The van der Waals surface area contributed by atoms with Gasteiger partial charge in [-0.3, -0.25) is 0 Å². The zero-order chi connectivity index (χ0) is 12.6. The highest BCUT2D eigenvalue weighted by atomic mass is 35.6. The zero-order valence-electron chi connectivity index (χ0n) is 8.75. The predicted molar refractivity (Wildman–Crippen MR) is 75.9 cm³/mol. The second kappa shape index (κ2) is 4.61. The van der Waals surface area contributed by atoms with Crippen LogP contribution in [0.2, 0.25) is 0 Å². The molecule has 2 aromatic rings. The molecule has 0 saturated carbocycles. The number of rotatable bonds is 1. The van der Waals surface area contributed by atoms with Gasteiger partial charge >= 0.3 is 0 Å². The molecule has 0 aliphatic carbocycles. The van der Waals surface area contributed by atoms with E-state index in [1.165, 1.54) is 11.3 Å². The summed E-state index contributed by atoms with van der Waals surface area (Å²) in [5.41, 5.74) is 7.57. The van der Waals surface area contributed by atoms with E-state index in [9.17, 15) is 0 Å². The number of hydrogen-bond acceptors (Lipinski definition) is 3. The van der Waals surface area contributed by atoms with E-state index < -0.39 is 3.79 Å². The van der Waals surface area contributed by atoms with Crippen molar-refractivity contribution in [2.24, 2.45) is 10.7 Å². The molecule has 0 radical (unpaired) electrons. The molecule has 90 valence electrons. The molecule has 0 fully saturated rings. The van der Waals surface area contributed by atoms with Crippen LogP contribution in [0.1, 0.15) is 5.56 Å². The highest BCUT2D eigenvalue weighted by Crippen LogP contribution is 2.32. The van der Waals surface area contributed by atoms with Gasteiger partial charge in [-0.1, -0.05) is 52.2 Å². The molecule has 0 aliphatic heterocycles. The molecule has 2 N–H and O–H groups in total. The Kier molecular flexibility index (Phi) is 3.50.